The lowest BCUT2D eigenvalue weighted by atomic mass is 10.1. The molecule has 5 N–H and O–H groups in total. The van der Waals surface area contributed by atoms with Gasteiger partial charge in [0, 0.05) is 24.0 Å². The number of ether oxygens (including phenoxy) is 1. The summed E-state index contributed by atoms with van der Waals surface area (Å²) in [5, 5.41) is 2.98. The van der Waals surface area contributed by atoms with Gasteiger partial charge in [-0.2, -0.15) is 0 Å². The van der Waals surface area contributed by atoms with Crippen molar-refractivity contribution in [3.8, 4) is 0 Å². The molecule has 0 bridgehead atoms. The van der Waals surface area contributed by atoms with Crippen molar-refractivity contribution in [1.29, 1.82) is 0 Å². The van der Waals surface area contributed by atoms with Gasteiger partial charge in [-0.05, 0) is 37.5 Å². The Balaban J connectivity index is 2.07. The summed E-state index contributed by atoms with van der Waals surface area (Å²) >= 11 is 0. The van der Waals surface area contributed by atoms with Crippen LogP contribution in [0.25, 0.3) is 0 Å². The van der Waals surface area contributed by atoms with Gasteiger partial charge in [0.25, 0.3) is 5.91 Å². The van der Waals surface area contributed by atoms with Gasteiger partial charge < -0.3 is 21.5 Å². The van der Waals surface area contributed by atoms with Crippen LogP contribution in [0.5, 0.6) is 0 Å². The largest absolute Gasteiger partial charge is 0.399 e. The molecule has 1 aliphatic carbocycles. The zero-order chi connectivity index (χ0) is 13.1. The van der Waals surface area contributed by atoms with Gasteiger partial charge in [-0.25, -0.2) is 0 Å². The Morgan fingerprint density at radius 2 is 1.94 bits per heavy atom. The van der Waals surface area contributed by atoms with Gasteiger partial charge in [0.2, 0.25) is 0 Å². The van der Waals surface area contributed by atoms with Crippen LogP contribution in [0, 0.1) is 0 Å². The number of nitrogen functional groups attached to an aromatic ring is 2. The number of benzene rings is 1. The van der Waals surface area contributed by atoms with E-state index in [9.17, 15) is 4.79 Å². The van der Waals surface area contributed by atoms with Gasteiger partial charge in [-0.3, -0.25) is 4.79 Å². The van der Waals surface area contributed by atoms with Gasteiger partial charge in [-0.15, -0.1) is 0 Å². The molecule has 1 amide bonds. The zero-order valence-electron chi connectivity index (χ0n) is 10.5. The first-order valence-corrected chi connectivity index (χ1v) is 6.10. The van der Waals surface area contributed by atoms with Crippen LogP contribution in [0.3, 0.4) is 0 Å². The molecule has 0 aromatic heterocycles. The maximum Gasteiger partial charge on any atom is 0.251 e. The van der Waals surface area contributed by atoms with Crippen LogP contribution >= 0.6 is 0 Å². The minimum absolute atomic E-state index is 0.0742. The van der Waals surface area contributed by atoms with Gasteiger partial charge in [0.05, 0.1) is 12.1 Å². The summed E-state index contributed by atoms with van der Waals surface area (Å²) in [6.07, 6.45) is 3.11. The van der Waals surface area contributed by atoms with Crippen molar-refractivity contribution in [2.24, 2.45) is 0 Å². The lowest BCUT2D eigenvalue weighted by molar-refractivity contribution is 0.0722. The van der Waals surface area contributed by atoms with Gasteiger partial charge >= 0.3 is 0 Å². The standard InChI is InChI=1S/C13H19N3O2/c1-18-12-4-2-3-11(12)16-13(17)8-5-9(14)7-10(15)6-8/h5-7,11-12H,2-4,14-15H2,1H3,(H,16,17). The number of hydrogen-bond donors (Lipinski definition) is 3. The quantitative estimate of drug-likeness (QED) is 0.701. The molecule has 0 aliphatic heterocycles. The Morgan fingerprint density at radius 1 is 1.28 bits per heavy atom. The molecule has 1 fully saturated rings. The molecule has 0 spiro atoms. The van der Waals surface area contributed by atoms with Gasteiger partial charge in [-0.1, -0.05) is 0 Å². The minimum Gasteiger partial charge on any atom is -0.399 e. The Morgan fingerprint density at radius 3 is 2.56 bits per heavy atom. The Labute approximate surface area is 106 Å². The monoisotopic (exact) mass is 249 g/mol. The van der Waals surface area contributed by atoms with Crippen molar-refractivity contribution in [2.45, 2.75) is 31.4 Å². The van der Waals surface area contributed by atoms with E-state index < -0.39 is 0 Å². The molecule has 98 valence electrons. The Kier molecular flexibility index (Phi) is 3.72. The molecule has 2 rings (SSSR count). The number of anilines is 2. The van der Waals surface area contributed by atoms with Gasteiger partial charge in [0.15, 0.2) is 0 Å². The predicted octanol–water partition coefficient (Wildman–Crippen LogP) is 1.15. The average Bonchev–Trinajstić information content (AvgIpc) is 2.75. The molecular weight excluding hydrogens is 230 g/mol. The normalized spacial score (nSPS) is 22.9. The first kappa shape index (κ1) is 12.7. The third kappa shape index (κ3) is 2.73. The van der Waals surface area contributed by atoms with Crippen LogP contribution in [-0.2, 0) is 4.74 Å². The number of amides is 1. The fourth-order valence-electron chi connectivity index (χ4n) is 2.43. The van der Waals surface area contributed by atoms with Crippen molar-refractivity contribution in [3.05, 3.63) is 23.8 Å². The SMILES string of the molecule is COC1CCCC1NC(=O)c1cc(N)cc(N)c1. The van der Waals surface area contributed by atoms with E-state index >= 15 is 0 Å². The molecule has 0 heterocycles. The summed E-state index contributed by atoms with van der Waals surface area (Å²) in [5.74, 6) is -0.150. The lowest BCUT2D eigenvalue weighted by Crippen LogP contribution is -2.40. The molecular formula is C13H19N3O2. The second kappa shape index (κ2) is 5.27. The fraction of sp³-hybridized carbons (Fsp3) is 0.462. The summed E-state index contributed by atoms with van der Waals surface area (Å²) in [6.45, 7) is 0. The molecule has 2 atom stereocenters. The van der Waals surface area contributed by atoms with E-state index in [4.69, 9.17) is 16.2 Å². The van der Waals surface area contributed by atoms with Crippen molar-refractivity contribution >= 4 is 17.3 Å². The molecule has 1 saturated carbocycles. The van der Waals surface area contributed by atoms with Crippen LogP contribution < -0.4 is 16.8 Å². The van der Waals surface area contributed by atoms with E-state index in [1.54, 1.807) is 25.3 Å². The Hall–Kier alpha value is -1.75. The molecule has 5 nitrogen and oxygen atoms in total. The van der Waals surface area contributed by atoms with E-state index in [2.05, 4.69) is 5.32 Å². The number of rotatable bonds is 3. The first-order valence-electron chi connectivity index (χ1n) is 6.10. The minimum atomic E-state index is -0.150. The summed E-state index contributed by atoms with van der Waals surface area (Å²) in [5.41, 5.74) is 12.8. The Bertz CT molecular complexity index is 428. The predicted molar refractivity (Wildman–Crippen MR) is 71.2 cm³/mol. The van der Waals surface area contributed by atoms with Crippen molar-refractivity contribution in [2.75, 3.05) is 18.6 Å². The highest BCUT2D eigenvalue weighted by atomic mass is 16.5. The van der Waals surface area contributed by atoms with Crippen LogP contribution in [0.1, 0.15) is 29.6 Å². The van der Waals surface area contributed by atoms with Crippen molar-refractivity contribution in [1.82, 2.24) is 5.32 Å². The van der Waals surface area contributed by atoms with Crippen molar-refractivity contribution < 1.29 is 9.53 Å². The van der Waals surface area contributed by atoms with Crippen LogP contribution in [0.2, 0.25) is 0 Å². The average molecular weight is 249 g/mol. The number of carbonyl (C=O) groups excluding carboxylic acids is 1. The first-order chi connectivity index (χ1) is 8.60. The maximum absolute atomic E-state index is 12.1. The van der Waals surface area contributed by atoms with Crippen molar-refractivity contribution in [3.63, 3.8) is 0 Å². The van der Waals surface area contributed by atoms with E-state index in [0.29, 0.717) is 16.9 Å². The van der Waals surface area contributed by atoms with Gasteiger partial charge in [0.1, 0.15) is 0 Å². The highest BCUT2D eigenvalue weighted by Crippen LogP contribution is 2.22. The van der Waals surface area contributed by atoms with Crippen LogP contribution in [-0.4, -0.2) is 25.2 Å². The molecule has 18 heavy (non-hydrogen) atoms. The highest BCUT2D eigenvalue weighted by molar-refractivity contribution is 5.96. The number of nitrogens with two attached hydrogens (primary N) is 2. The summed E-state index contributed by atoms with van der Waals surface area (Å²) in [4.78, 5) is 12.1. The topological polar surface area (TPSA) is 90.4 Å². The van der Waals surface area contributed by atoms with E-state index in [0.717, 1.165) is 19.3 Å². The summed E-state index contributed by atoms with van der Waals surface area (Å²) in [6, 6.07) is 4.96. The molecule has 1 aromatic carbocycles. The molecule has 1 aliphatic rings. The second-order valence-corrected chi connectivity index (χ2v) is 4.67. The summed E-state index contributed by atoms with van der Waals surface area (Å²) in [7, 11) is 1.67. The zero-order valence-corrected chi connectivity index (χ0v) is 10.5. The van der Waals surface area contributed by atoms with E-state index in [-0.39, 0.29) is 18.1 Å². The molecule has 1 aromatic rings. The van der Waals surface area contributed by atoms with E-state index in [1.165, 1.54) is 0 Å². The maximum atomic E-state index is 12.1. The number of nitrogens with one attached hydrogen (secondary N) is 1. The molecule has 0 radical (unpaired) electrons. The second-order valence-electron chi connectivity index (χ2n) is 4.67. The molecule has 2 unspecified atom stereocenters. The van der Waals surface area contributed by atoms with Crippen LogP contribution in [0.15, 0.2) is 18.2 Å². The third-order valence-corrected chi connectivity index (χ3v) is 3.31. The van der Waals surface area contributed by atoms with Crippen LogP contribution in [0.4, 0.5) is 11.4 Å². The molecule has 5 heteroatoms. The number of hydrogen-bond acceptors (Lipinski definition) is 4. The molecule has 0 saturated heterocycles. The number of methoxy groups -OCH3 is 1. The van der Waals surface area contributed by atoms with E-state index in [1.807, 2.05) is 0 Å². The lowest BCUT2D eigenvalue weighted by Gasteiger charge is -2.19. The number of carbonyl (C=O) groups is 1. The smallest absolute Gasteiger partial charge is 0.251 e. The highest BCUT2D eigenvalue weighted by Gasteiger charge is 2.28. The summed E-state index contributed by atoms with van der Waals surface area (Å²) < 4.78 is 5.34. The third-order valence-electron chi connectivity index (χ3n) is 3.31. The fourth-order valence-corrected chi connectivity index (χ4v) is 2.43.